The summed E-state index contributed by atoms with van der Waals surface area (Å²) in [7, 11) is 1.69. The molecule has 0 saturated heterocycles. The number of hydrogen-bond acceptors (Lipinski definition) is 3. The second-order valence-electron chi connectivity index (χ2n) is 6.22. The van der Waals surface area contributed by atoms with Gasteiger partial charge in [-0.05, 0) is 45.7 Å². The summed E-state index contributed by atoms with van der Waals surface area (Å²) in [5.74, 6) is 1.66. The number of benzene rings is 1. The van der Waals surface area contributed by atoms with E-state index in [0.29, 0.717) is 13.0 Å². The van der Waals surface area contributed by atoms with Crippen LogP contribution in [0.15, 0.2) is 23.2 Å². The first-order valence-corrected chi connectivity index (χ1v) is 8.91. The molecule has 0 aromatic heterocycles. The van der Waals surface area contributed by atoms with Crippen LogP contribution in [0.2, 0.25) is 0 Å². The molecule has 1 amide bonds. The molecule has 0 unspecified atom stereocenters. The molecule has 0 spiro atoms. The monoisotopic (exact) mass is 476 g/mol. The van der Waals surface area contributed by atoms with Gasteiger partial charge in [-0.3, -0.25) is 9.79 Å². The van der Waals surface area contributed by atoms with Crippen molar-refractivity contribution >= 4 is 35.8 Å². The second-order valence-corrected chi connectivity index (χ2v) is 6.22. The highest BCUT2D eigenvalue weighted by Crippen LogP contribution is 2.19. The number of nitrogens with one attached hydrogen (secondary N) is 3. The van der Waals surface area contributed by atoms with Crippen LogP contribution in [0.5, 0.6) is 5.75 Å². The van der Waals surface area contributed by atoms with Gasteiger partial charge in [0.05, 0.1) is 13.7 Å². The van der Waals surface area contributed by atoms with Crippen LogP contribution in [0, 0.1) is 6.92 Å². The first-order chi connectivity index (χ1) is 12.0. The van der Waals surface area contributed by atoms with E-state index in [9.17, 15) is 4.79 Å². The first-order valence-electron chi connectivity index (χ1n) is 8.91. The van der Waals surface area contributed by atoms with E-state index in [2.05, 4.69) is 33.9 Å². The van der Waals surface area contributed by atoms with Gasteiger partial charge in [-0.15, -0.1) is 24.0 Å². The van der Waals surface area contributed by atoms with Gasteiger partial charge >= 0.3 is 0 Å². The predicted molar refractivity (Wildman–Crippen MR) is 119 cm³/mol. The van der Waals surface area contributed by atoms with E-state index < -0.39 is 0 Å². The van der Waals surface area contributed by atoms with Gasteiger partial charge in [0.2, 0.25) is 5.91 Å². The summed E-state index contributed by atoms with van der Waals surface area (Å²) < 4.78 is 5.41. The van der Waals surface area contributed by atoms with Gasteiger partial charge in [0.15, 0.2) is 5.96 Å². The third-order valence-corrected chi connectivity index (χ3v) is 3.53. The normalized spacial score (nSPS) is 10.9. The number of methoxy groups -OCH3 is 1. The molecule has 1 aromatic rings. The number of carbonyl (C=O) groups excluding carboxylic acids is 1. The molecule has 1 aromatic carbocycles. The first kappa shape index (κ1) is 24.5. The highest BCUT2D eigenvalue weighted by molar-refractivity contribution is 14.0. The van der Waals surface area contributed by atoms with Crippen molar-refractivity contribution in [2.45, 2.75) is 46.6 Å². The zero-order valence-corrected chi connectivity index (χ0v) is 18.8. The quantitative estimate of drug-likeness (QED) is 0.291. The van der Waals surface area contributed by atoms with Gasteiger partial charge in [-0.2, -0.15) is 0 Å². The smallest absolute Gasteiger partial charge is 0.222 e. The molecule has 0 radical (unpaired) electrons. The fourth-order valence-corrected chi connectivity index (χ4v) is 2.42. The van der Waals surface area contributed by atoms with Gasteiger partial charge in [0.1, 0.15) is 5.75 Å². The maximum Gasteiger partial charge on any atom is 0.222 e. The standard InChI is InChI=1S/C19H32N4O2.HI/c1-6-20-19(22-12-10-18(24)23-14(2)3)21-11-9-16-13-15(4)7-8-17(16)25-5;/h7-8,13-14H,6,9-12H2,1-5H3,(H,23,24)(H2,20,21,22);1H. The SMILES string of the molecule is CCNC(=NCCC(=O)NC(C)C)NCCc1cc(C)ccc1OC.I. The van der Waals surface area contributed by atoms with Crippen LogP contribution in [0.25, 0.3) is 0 Å². The summed E-state index contributed by atoms with van der Waals surface area (Å²) in [5, 5.41) is 9.37. The average molecular weight is 476 g/mol. The Balaban J connectivity index is 0.00000625. The molecule has 0 heterocycles. The van der Waals surface area contributed by atoms with Gasteiger partial charge < -0.3 is 20.7 Å². The Morgan fingerprint density at radius 2 is 2.00 bits per heavy atom. The molecule has 0 atom stereocenters. The van der Waals surface area contributed by atoms with Gasteiger partial charge in [-0.1, -0.05) is 17.7 Å². The molecule has 1 rings (SSSR count). The fourth-order valence-electron chi connectivity index (χ4n) is 2.42. The number of nitrogens with zero attached hydrogens (tertiary/aromatic N) is 1. The van der Waals surface area contributed by atoms with Crippen LogP contribution in [0.1, 0.15) is 38.3 Å². The van der Waals surface area contributed by atoms with Crippen molar-refractivity contribution in [1.82, 2.24) is 16.0 Å². The largest absolute Gasteiger partial charge is 0.496 e. The van der Waals surface area contributed by atoms with Crippen molar-refractivity contribution in [1.29, 1.82) is 0 Å². The van der Waals surface area contributed by atoms with Crippen molar-refractivity contribution in [2.24, 2.45) is 4.99 Å². The summed E-state index contributed by atoms with van der Waals surface area (Å²) >= 11 is 0. The number of aliphatic imine (C=N–C) groups is 1. The average Bonchev–Trinajstić information content (AvgIpc) is 2.54. The van der Waals surface area contributed by atoms with Gasteiger partial charge in [0.25, 0.3) is 0 Å². The zero-order chi connectivity index (χ0) is 18.7. The van der Waals surface area contributed by atoms with Crippen molar-refractivity contribution < 1.29 is 9.53 Å². The Hall–Kier alpha value is -1.51. The van der Waals surface area contributed by atoms with Crippen molar-refractivity contribution in [3.8, 4) is 5.75 Å². The number of aryl methyl sites for hydroxylation is 1. The summed E-state index contributed by atoms with van der Waals surface area (Å²) in [5.41, 5.74) is 2.38. The molecule has 26 heavy (non-hydrogen) atoms. The predicted octanol–water partition coefficient (Wildman–Crippen LogP) is 2.63. The number of halogens is 1. The molecule has 3 N–H and O–H groups in total. The van der Waals surface area contributed by atoms with Crippen molar-refractivity contribution in [2.75, 3.05) is 26.7 Å². The number of guanidine groups is 1. The number of hydrogen-bond donors (Lipinski definition) is 3. The summed E-state index contributed by atoms with van der Waals surface area (Å²) in [6.07, 6.45) is 1.23. The van der Waals surface area contributed by atoms with Crippen LogP contribution in [0.3, 0.4) is 0 Å². The minimum Gasteiger partial charge on any atom is -0.496 e. The Bertz CT molecular complexity index is 577. The highest BCUT2D eigenvalue weighted by atomic mass is 127. The van der Waals surface area contributed by atoms with Crippen LogP contribution < -0.4 is 20.7 Å². The lowest BCUT2D eigenvalue weighted by Crippen LogP contribution is -2.38. The van der Waals surface area contributed by atoms with Crippen LogP contribution >= 0.6 is 24.0 Å². The molecule has 0 fully saturated rings. The summed E-state index contributed by atoms with van der Waals surface area (Å²) in [4.78, 5) is 16.1. The van der Waals surface area contributed by atoms with E-state index in [1.165, 1.54) is 11.1 Å². The number of carbonyl (C=O) groups is 1. The minimum absolute atomic E-state index is 0. The van der Waals surface area contributed by atoms with Crippen LogP contribution in [-0.2, 0) is 11.2 Å². The van der Waals surface area contributed by atoms with E-state index in [1.807, 2.05) is 32.9 Å². The van der Waals surface area contributed by atoms with Crippen molar-refractivity contribution in [3.05, 3.63) is 29.3 Å². The molecule has 148 valence electrons. The number of amides is 1. The Kier molecular flexibility index (Phi) is 12.9. The third kappa shape index (κ3) is 9.84. The minimum atomic E-state index is 0. The van der Waals surface area contributed by atoms with Gasteiger partial charge in [-0.25, -0.2) is 0 Å². The molecule has 0 aliphatic heterocycles. The van der Waals surface area contributed by atoms with E-state index in [1.54, 1.807) is 7.11 Å². The molecule has 0 aliphatic carbocycles. The van der Waals surface area contributed by atoms with Crippen LogP contribution in [-0.4, -0.2) is 44.7 Å². The molecule has 0 bridgehead atoms. The maximum absolute atomic E-state index is 11.7. The second kappa shape index (κ2) is 13.7. The van der Waals surface area contributed by atoms with E-state index in [-0.39, 0.29) is 35.9 Å². The lowest BCUT2D eigenvalue weighted by Gasteiger charge is -2.13. The Morgan fingerprint density at radius 3 is 2.62 bits per heavy atom. The Labute approximate surface area is 174 Å². The van der Waals surface area contributed by atoms with Crippen LogP contribution in [0.4, 0.5) is 0 Å². The van der Waals surface area contributed by atoms with Crippen molar-refractivity contribution in [3.63, 3.8) is 0 Å². The molecule has 0 saturated carbocycles. The molecular formula is C19H33IN4O2. The van der Waals surface area contributed by atoms with Gasteiger partial charge in [0, 0.05) is 25.6 Å². The molecule has 7 heteroatoms. The summed E-state index contributed by atoms with van der Waals surface area (Å²) in [6, 6.07) is 6.34. The number of rotatable bonds is 9. The zero-order valence-electron chi connectivity index (χ0n) is 16.5. The summed E-state index contributed by atoms with van der Waals surface area (Å²) in [6.45, 7) is 9.97. The lowest BCUT2D eigenvalue weighted by molar-refractivity contribution is -0.121. The maximum atomic E-state index is 11.7. The molecule has 6 nitrogen and oxygen atoms in total. The number of ether oxygens (including phenoxy) is 1. The third-order valence-electron chi connectivity index (χ3n) is 3.53. The molecule has 0 aliphatic rings. The highest BCUT2D eigenvalue weighted by Gasteiger charge is 2.05. The van der Waals surface area contributed by atoms with E-state index in [4.69, 9.17) is 4.74 Å². The topological polar surface area (TPSA) is 74.8 Å². The fraction of sp³-hybridized carbons (Fsp3) is 0.579. The molecular weight excluding hydrogens is 443 g/mol. The lowest BCUT2D eigenvalue weighted by atomic mass is 10.1. The van der Waals surface area contributed by atoms with E-state index >= 15 is 0 Å². The Morgan fingerprint density at radius 1 is 1.27 bits per heavy atom. The van der Waals surface area contributed by atoms with E-state index in [0.717, 1.165) is 31.2 Å².